The van der Waals surface area contributed by atoms with E-state index in [2.05, 4.69) is 4.99 Å². The molecule has 106 valence electrons. The number of aliphatic imine (C=N–C) groups is 1. The smallest absolute Gasteiger partial charge is 0.351 e. The van der Waals surface area contributed by atoms with E-state index in [9.17, 15) is 19.5 Å². The molecule has 2 unspecified atom stereocenters. The number of amides is 3. The number of fused-ring (bicyclic) bond motifs is 1. The fraction of sp³-hybridized carbons (Fsp3) is 0.385. The molecule has 1 heterocycles. The fourth-order valence-corrected chi connectivity index (χ4v) is 2.59. The van der Waals surface area contributed by atoms with E-state index in [0.717, 1.165) is 4.90 Å². The molecule has 1 N–H and O–H groups in total. The Morgan fingerprint density at radius 2 is 2.25 bits per heavy atom. The van der Waals surface area contributed by atoms with Crippen LogP contribution in [0.25, 0.3) is 0 Å². The van der Waals surface area contributed by atoms with E-state index in [4.69, 9.17) is 0 Å². The van der Waals surface area contributed by atoms with Gasteiger partial charge >= 0.3 is 12.0 Å². The second-order valence-corrected chi connectivity index (χ2v) is 5.37. The predicted molar refractivity (Wildman–Crippen MR) is 75.9 cm³/mol. The summed E-state index contributed by atoms with van der Waals surface area (Å²) in [5.41, 5.74) is 0.368. The van der Waals surface area contributed by atoms with Crippen LogP contribution in [0.4, 0.5) is 4.79 Å². The van der Waals surface area contributed by atoms with Gasteiger partial charge in [-0.2, -0.15) is 16.8 Å². The number of carbonyl (C=O) groups is 3. The molecule has 0 spiro atoms. The van der Waals surface area contributed by atoms with E-state index in [1.54, 1.807) is 24.3 Å². The molecule has 0 radical (unpaired) electrons. The molecule has 1 aliphatic heterocycles. The molecular weight excluding hydrogens is 280 g/mol. The Balaban J connectivity index is 2.31. The highest BCUT2D eigenvalue weighted by molar-refractivity contribution is 7.98. The van der Waals surface area contributed by atoms with E-state index in [-0.39, 0.29) is 6.42 Å². The first-order valence-electron chi connectivity index (χ1n) is 6.08. The lowest BCUT2D eigenvalue weighted by molar-refractivity contribution is -0.148. The molecule has 0 bridgehead atoms. The lowest BCUT2D eigenvalue weighted by Gasteiger charge is -2.32. The molecular formula is C13H14N2O4S. The standard InChI is InChI=1S/C13H14N2O4S/c1-20-7-6-10(12(17)18)15-11(16)8-4-2-3-5-9(8)14-13(15)19/h2-5,8,10H,6-7H2,1H3,(H,17,18). The van der Waals surface area contributed by atoms with Crippen molar-refractivity contribution in [1.82, 2.24) is 4.90 Å². The van der Waals surface area contributed by atoms with Crippen LogP contribution >= 0.6 is 11.8 Å². The van der Waals surface area contributed by atoms with Gasteiger partial charge in [-0.05, 0) is 24.5 Å². The zero-order valence-corrected chi connectivity index (χ0v) is 11.7. The molecule has 0 saturated heterocycles. The second-order valence-electron chi connectivity index (χ2n) is 4.38. The van der Waals surface area contributed by atoms with Crippen LogP contribution in [0.15, 0.2) is 29.3 Å². The lowest BCUT2D eigenvalue weighted by atomic mass is 9.94. The van der Waals surface area contributed by atoms with Crippen molar-refractivity contribution in [3.05, 3.63) is 24.3 Å². The lowest BCUT2D eigenvalue weighted by Crippen LogP contribution is -2.53. The summed E-state index contributed by atoms with van der Waals surface area (Å²) in [4.78, 5) is 40.2. The Morgan fingerprint density at radius 1 is 1.50 bits per heavy atom. The van der Waals surface area contributed by atoms with E-state index >= 15 is 0 Å². The van der Waals surface area contributed by atoms with Gasteiger partial charge in [-0.1, -0.05) is 18.2 Å². The summed E-state index contributed by atoms with van der Waals surface area (Å²) in [5.74, 6) is -1.82. The molecule has 0 aromatic carbocycles. The largest absolute Gasteiger partial charge is 0.480 e. The minimum atomic E-state index is -1.19. The summed E-state index contributed by atoms with van der Waals surface area (Å²) in [7, 11) is 0. The van der Waals surface area contributed by atoms with Gasteiger partial charge in [-0.15, -0.1) is 0 Å². The first-order valence-corrected chi connectivity index (χ1v) is 7.48. The Kier molecular flexibility index (Phi) is 4.39. The summed E-state index contributed by atoms with van der Waals surface area (Å²) < 4.78 is 0. The predicted octanol–water partition coefficient (Wildman–Crippen LogP) is 1.34. The summed E-state index contributed by atoms with van der Waals surface area (Å²) in [5, 5.41) is 9.25. The van der Waals surface area contributed by atoms with Gasteiger partial charge in [0.1, 0.15) is 6.04 Å². The topological polar surface area (TPSA) is 87.0 Å². The maximum atomic E-state index is 12.3. The molecule has 1 aliphatic carbocycles. The number of thioether (sulfide) groups is 1. The van der Waals surface area contributed by atoms with Crippen molar-refractivity contribution in [3.63, 3.8) is 0 Å². The van der Waals surface area contributed by atoms with Crippen molar-refractivity contribution in [3.8, 4) is 0 Å². The molecule has 6 nitrogen and oxygen atoms in total. The SMILES string of the molecule is CSCCC(C(=O)O)N1C(=O)N=C2C=CC=CC2C1=O. The van der Waals surface area contributed by atoms with E-state index in [1.165, 1.54) is 11.8 Å². The molecule has 7 heteroatoms. The Hall–Kier alpha value is -1.89. The minimum Gasteiger partial charge on any atom is -0.480 e. The number of aliphatic carboxylic acids is 1. The zero-order valence-electron chi connectivity index (χ0n) is 10.9. The van der Waals surface area contributed by atoms with Crippen molar-refractivity contribution in [2.45, 2.75) is 12.5 Å². The molecule has 0 aromatic heterocycles. The number of nitrogens with zero attached hydrogens (tertiary/aromatic N) is 2. The zero-order chi connectivity index (χ0) is 14.7. The summed E-state index contributed by atoms with van der Waals surface area (Å²) in [6.07, 6.45) is 8.64. The van der Waals surface area contributed by atoms with Crippen molar-refractivity contribution in [2.24, 2.45) is 10.9 Å². The van der Waals surface area contributed by atoms with Gasteiger partial charge in [0.2, 0.25) is 5.91 Å². The number of carboxylic acid groups (broad SMARTS) is 1. The average Bonchev–Trinajstić information content (AvgIpc) is 2.42. The highest BCUT2D eigenvalue weighted by Gasteiger charge is 2.42. The molecule has 2 rings (SSSR count). The van der Waals surface area contributed by atoms with Gasteiger partial charge in [-0.25, -0.2) is 14.5 Å². The highest BCUT2D eigenvalue weighted by atomic mass is 32.2. The number of carbonyl (C=O) groups excluding carboxylic acids is 2. The number of imide groups is 1. The van der Waals surface area contributed by atoms with E-state index in [1.807, 2.05) is 6.26 Å². The minimum absolute atomic E-state index is 0.213. The van der Waals surface area contributed by atoms with Gasteiger partial charge < -0.3 is 5.11 Å². The van der Waals surface area contributed by atoms with Gasteiger partial charge in [0.25, 0.3) is 0 Å². The molecule has 20 heavy (non-hydrogen) atoms. The Labute approximate surface area is 120 Å². The van der Waals surface area contributed by atoms with Crippen LogP contribution < -0.4 is 0 Å². The van der Waals surface area contributed by atoms with Crippen LogP contribution in [0.3, 0.4) is 0 Å². The van der Waals surface area contributed by atoms with E-state index < -0.39 is 29.9 Å². The summed E-state index contributed by atoms with van der Waals surface area (Å²) >= 11 is 1.46. The normalized spacial score (nSPS) is 22.6. The molecule has 0 aromatic rings. The van der Waals surface area contributed by atoms with Gasteiger partial charge in [-0.3, -0.25) is 4.79 Å². The van der Waals surface area contributed by atoms with Crippen molar-refractivity contribution >= 4 is 35.4 Å². The Morgan fingerprint density at radius 3 is 2.90 bits per heavy atom. The number of carboxylic acids is 1. The maximum absolute atomic E-state index is 12.3. The summed E-state index contributed by atoms with van der Waals surface area (Å²) in [6.45, 7) is 0. The van der Waals surface area contributed by atoms with Gasteiger partial charge in [0.05, 0.1) is 11.6 Å². The van der Waals surface area contributed by atoms with Crippen molar-refractivity contribution in [1.29, 1.82) is 0 Å². The van der Waals surface area contributed by atoms with Gasteiger partial charge in [0.15, 0.2) is 0 Å². The number of urea groups is 1. The molecule has 0 saturated carbocycles. The number of hydrogen-bond acceptors (Lipinski definition) is 4. The van der Waals surface area contributed by atoms with Crippen molar-refractivity contribution < 1.29 is 19.5 Å². The fourth-order valence-electron chi connectivity index (χ4n) is 2.14. The molecule has 2 atom stereocenters. The van der Waals surface area contributed by atoms with E-state index in [0.29, 0.717) is 11.5 Å². The molecule has 0 fully saturated rings. The van der Waals surface area contributed by atoms with Crippen LogP contribution in [0.5, 0.6) is 0 Å². The highest BCUT2D eigenvalue weighted by Crippen LogP contribution is 2.23. The van der Waals surface area contributed by atoms with Crippen LogP contribution in [-0.4, -0.2) is 51.7 Å². The van der Waals surface area contributed by atoms with Crippen molar-refractivity contribution in [2.75, 3.05) is 12.0 Å². The van der Waals surface area contributed by atoms with Gasteiger partial charge in [0, 0.05) is 0 Å². The maximum Gasteiger partial charge on any atom is 0.351 e. The Bertz CT molecular complexity index is 538. The number of allylic oxidation sites excluding steroid dienone is 3. The summed E-state index contributed by atoms with van der Waals surface area (Å²) in [6, 6.07) is -1.96. The number of hydrogen-bond donors (Lipinski definition) is 1. The van der Waals surface area contributed by atoms with Crippen LogP contribution in [-0.2, 0) is 9.59 Å². The first-order chi connectivity index (χ1) is 9.56. The molecule has 2 aliphatic rings. The third kappa shape index (κ3) is 2.67. The van der Waals surface area contributed by atoms with Crippen LogP contribution in [0, 0.1) is 5.92 Å². The third-order valence-corrected chi connectivity index (χ3v) is 3.77. The van der Waals surface area contributed by atoms with Crippen LogP contribution in [0.1, 0.15) is 6.42 Å². The van der Waals surface area contributed by atoms with Crippen LogP contribution in [0.2, 0.25) is 0 Å². The number of rotatable bonds is 5. The molecule has 3 amide bonds. The average molecular weight is 294 g/mol. The second kappa shape index (κ2) is 6.04. The third-order valence-electron chi connectivity index (χ3n) is 3.13. The quantitative estimate of drug-likeness (QED) is 0.826. The monoisotopic (exact) mass is 294 g/mol. The first kappa shape index (κ1) is 14.5.